The minimum Gasteiger partial charge on any atom is -0.480 e. The molecule has 5 rings (SSSR count). The molecule has 4 aromatic rings. The third-order valence-corrected chi connectivity index (χ3v) is 4.46. The molecule has 0 saturated heterocycles. The molecule has 3 heterocycles. The van der Waals surface area contributed by atoms with Crippen molar-refractivity contribution < 1.29 is 28.6 Å². The summed E-state index contributed by atoms with van der Waals surface area (Å²) in [7, 11) is 0. The maximum Gasteiger partial charge on any atom is 0.300 e. The van der Waals surface area contributed by atoms with E-state index >= 15 is 0 Å². The predicted molar refractivity (Wildman–Crippen MR) is 98.8 cm³/mol. The Morgan fingerprint density at radius 1 is 0.607 bits per heavy atom. The van der Waals surface area contributed by atoms with Crippen LogP contribution in [0.2, 0.25) is 0 Å². The van der Waals surface area contributed by atoms with Gasteiger partial charge in [0.1, 0.15) is 0 Å². The lowest BCUT2D eigenvalue weighted by Crippen LogP contribution is -2.27. The van der Waals surface area contributed by atoms with Crippen molar-refractivity contribution in [3.8, 4) is 11.9 Å². The van der Waals surface area contributed by atoms with Gasteiger partial charge in [-0.2, -0.15) is 9.98 Å². The van der Waals surface area contributed by atoms with E-state index in [1.807, 2.05) is 0 Å². The lowest BCUT2D eigenvalue weighted by Gasteiger charge is -2.07. The molecule has 0 aliphatic carbocycles. The van der Waals surface area contributed by atoms with Crippen molar-refractivity contribution in [3.05, 3.63) is 60.1 Å². The summed E-state index contributed by atoms with van der Waals surface area (Å²) < 4.78 is 10.5. The van der Waals surface area contributed by atoms with E-state index in [1.54, 1.807) is 48.5 Å². The second-order valence-corrected chi connectivity index (χ2v) is 6.09. The minimum absolute atomic E-state index is 0.0404. The summed E-state index contributed by atoms with van der Waals surface area (Å²) in [5.41, 5.74) is -0.629. The first-order chi connectivity index (χ1) is 13.5. The topological polar surface area (TPSA) is 126 Å². The average Bonchev–Trinajstić information content (AvgIpc) is 3.21. The molecule has 1 aliphatic heterocycles. The number of fused-ring (bicyclic) bond motifs is 2. The molecule has 0 bridgehead atoms. The Morgan fingerprint density at radius 2 is 0.964 bits per heavy atom. The van der Waals surface area contributed by atoms with E-state index in [0.717, 1.165) is 0 Å². The summed E-state index contributed by atoms with van der Waals surface area (Å²) in [5.74, 6) is -2.50. The fourth-order valence-corrected chi connectivity index (χ4v) is 3.20. The van der Waals surface area contributed by atoms with Crippen LogP contribution in [-0.4, -0.2) is 33.5 Å². The average molecular weight is 374 g/mol. The van der Waals surface area contributed by atoms with Crippen LogP contribution in [0.5, 0.6) is 11.9 Å². The summed E-state index contributed by atoms with van der Waals surface area (Å²) in [6, 6.07) is 13.3. The number of nitrogens with zero attached hydrogens (tertiary/aromatic N) is 2. The zero-order chi connectivity index (χ0) is 19.4. The van der Waals surface area contributed by atoms with E-state index in [2.05, 4.69) is 9.98 Å². The number of carbonyl (C=O) groups is 2. The number of aromatic hydroxyl groups is 2. The van der Waals surface area contributed by atoms with Crippen LogP contribution in [0.3, 0.4) is 0 Å². The highest BCUT2D eigenvalue weighted by molar-refractivity contribution is 6.60. The highest BCUT2D eigenvalue weighted by Gasteiger charge is 2.33. The molecule has 136 valence electrons. The zero-order valence-corrected chi connectivity index (χ0v) is 14.0. The van der Waals surface area contributed by atoms with Crippen molar-refractivity contribution in [1.29, 1.82) is 0 Å². The van der Waals surface area contributed by atoms with Crippen LogP contribution in [0.25, 0.3) is 21.5 Å². The fraction of sp³-hybridized carbons (Fsp3) is 0. The summed E-state index contributed by atoms with van der Waals surface area (Å²) in [6.07, 6.45) is 0. The number of aliphatic imine (C=N–C) groups is 2. The van der Waals surface area contributed by atoms with E-state index in [0.29, 0.717) is 21.5 Å². The first-order valence-corrected chi connectivity index (χ1v) is 8.22. The Hall–Kier alpha value is -4.20. The van der Waals surface area contributed by atoms with Gasteiger partial charge in [-0.25, -0.2) is 0 Å². The van der Waals surface area contributed by atoms with Crippen LogP contribution in [-0.2, 0) is 9.59 Å². The van der Waals surface area contributed by atoms with Crippen LogP contribution < -0.4 is 0 Å². The molecule has 2 aromatic heterocycles. The molecule has 8 nitrogen and oxygen atoms in total. The fourth-order valence-electron chi connectivity index (χ4n) is 3.20. The Balaban J connectivity index is 1.64. The number of hydrogen-bond acceptors (Lipinski definition) is 6. The van der Waals surface area contributed by atoms with Crippen LogP contribution in [0.4, 0.5) is 0 Å². The van der Waals surface area contributed by atoms with Gasteiger partial charge in [-0.3, -0.25) is 9.59 Å². The minimum atomic E-state index is -0.825. The second kappa shape index (κ2) is 5.65. The molecule has 0 atom stereocenters. The van der Waals surface area contributed by atoms with E-state index in [4.69, 9.17) is 8.83 Å². The normalized spacial score (nSPS) is 14.6. The van der Waals surface area contributed by atoms with Crippen molar-refractivity contribution in [2.75, 3.05) is 0 Å². The van der Waals surface area contributed by atoms with Gasteiger partial charge in [0.15, 0.2) is 22.9 Å². The lowest BCUT2D eigenvalue weighted by atomic mass is 10.1. The van der Waals surface area contributed by atoms with Crippen LogP contribution >= 0.6 is 0 Å². The zero-order valence-electron chi connectivity index (χ0n) is 14.0. The van der Waals surface area contributed by atoms with Gasteiger partial charge in [-0.15, -0.1) is 0 Å². The van der Waals surface area contributed by atoms with Crippen molar-refractivity contribution in [3.63, 3.8) is 0 Å². The Bertz CT molecular complexity index is 1270. The van der Waals surface area contributed by atoms with Gasteiger partial charge in [-0.1, -0.05) is 36.4 Å². The molecule has 0 radical (unpaired) electrons. The molecule has 28 heavy (non-hydrogen) atoms. The molecular weight excluding hydrogens is 364 g/mol. The van der Waals surface area contributed by atoms with Gasteiger partial charge < -0.3 is 19.0 Å². The molecular formula is C20H10N2O6. The molecule has 2 N–H and O–H groups in total. The van der Waals surface area contributed by atoms with Crippen molar-refractivity contribution >= 4 is 44.8 Å². The van der Waals surface area contributed by atoms with Gasteiger partial charge in [0, 0.05) is 10.8 Å². The first-order valence-electron chi connectivity index (χ1n) is 8.22. The van der Waals surface area contributed by atoms with Gasteiger partial charge in [0.05, 0.1) is 10.8 Å². The first kappa shape index (κ1) is 16.0. The number of furan rings is 2. The molecule has 8 heteroatoms. The SMILES string of the molecule is O=C1N=C(c2oc(O)c3ccccc23)C(=O)N=C1c1oc(O)c2ccccc12. The maximum absolute atomic E-state index is 12.6. The number of benzene rings is 2. The van der Waals surface area contributed by atoms with Crippen molar-refractivity contribution in [2.45, 2.75) is 0 Å². The highest BCUT2D eigenvalue weighted by atomic mass is 16.5. The standard InChI is InChI=1S/C20H10N2O6/c23-17-13(15-9-5-1-3-7-11(9)19(25)27-15)21-18(24)14(22-17)16-10-6-2-4-8-12(10)20(26)28-16/h1-8,25-26H. The molecule has 0 saturated carbocycles. The Morgan fingerprint density at radius 3 is 1.36 bits per heavy atom. The van der Waals surface area contributed by atoms with Gasteiger partial charge in [0.2, 0.25) is 0 Å². The smallest absolute Gasteiger partial charge is 0.300 e. The van der Waals surface area contributed by atoms with E-state index in [9.17, 15) is 19.8 Å². The maximum atomic E-state index is 12.6. The van der Waals surface area contributed by atoms with Gasteiger partial charge >= 0.3 is 11.8 Å². The summed E-state index contributed by atoms with van der Waals surface area (Å²) >= 11 is 0. The number of hydrogen-bond donors (Lipinski definition) is 2. The Kier molecular flexibility index (Phi) is 3.23. The monoisotopic (exact) mass is 374 g/mol. The van der Waals surface area contributed by atoms with Crippen LogP contribution in [0.15, 0.2) is 67.4 Å². The lowest BCUT2D eigenvalue weighted by molar-refractivity contribution is -0.115. The third kappa shape index (κ3) is 2.18. The highest BCUT2D eigenvalue weighted by Crippen LogP contribution is 2.34. The summed E-state index contributed by atoms with van der Waals surface area (Å²) in [6.45, 7) is 0. The second-order valence-electron chi connectivity index (χ2n) is 6.09. The van der Waals surface area contributed by atoms with Crippen LogP contribution in [0, 0.1) is 0 Å². The molecule has 0 unspecified atom stereocenters. The van der Waals surface area contributed by atoms with E-state index in [-0.39, 0.29) is 34.8 Å². The molecule has 0 spiro atoms. The molecule has 1 aliphatic rings. The van der Waals surface area contributed by atoms with Crippen molar-refractivity contribution in [2.24, 2.45) is 9.98 Å². The van der Waals surface area contributed by atoms with E-state index in [1.165, 1.54) is 0 Å². The largest absolute Gasteiger partial charge is 0.480 e. The van der Waals surface area contributed by atoms with E-state index < -0.39 is 11.8 Å². The number of amides is 2. The number of carbonyl (C=O) groups excluding carboxylic acids is 2. The summed E-state index contributed by atoms with van der Waals surface area (Å²) in [5, 5.41) is 21.5. The Labute approximate surface area is 156 Å². The predicted octanol–water partition coefficient (Wildman–Crippen LogP) is 2.94. The number of rotatable bonds is 2. The van der Waals surface area contributed by atoms with Crippen molar-refractivity contribution in [1.82, 2.24) is 0 Å². The summed E-state index contributed by atoms with van der Waals surface area (Å²) in [4.78, 5) is 32.9. The van der Waals surface area contributed by atoms with Gasteiger partial charge in [-0.05, 0) is 12.1 Å². The van der Waals surface area contributed by atoms with Gasteiger partial charge in [0.25, 0.3) is 11.9 Å². The quantitative estimate of drug-likeness (QED) is 0.556. The molecule has 0 fully saturated rings. The van der Waals surface area contributed by atoms with Crippen LogP contribution in [0.1, 0.15) is 11.5 Å². The molecule has 2 amide bonds. The molecule has 2 aromatic carbocycles. The third-order valence-electron chi connectivity index (χ3n) is 4.46.